The fourth-order valence-electron chi connectivity index (χ4n) is 2.71. The Morgan fingerprint density at radius 2 is 2.35 bits per heavy atom. The van der Waals surface area contributed by atoms with Crippen molar-refractivity contribution >= 4 is 17.4 Å². The molecule has 2 rings (SSSR count). The van der Waals surface area contributed by atoms with Crippen molar-refractivity contribution < 1.29 is 14.5 Å². The van der Waals surface area contributed by atoms with E-state index in [2.05, 4.69) is 15.5 Å². The maximum atomic E-state index is 11.9. The van der Waals surface area contributed by atoms with Gasteiger partial charge in [0.2, 0.25) is 0 Å². The number of non-ortho nitro benzene ring substituents is 1. The molecule has 0 spiro atoms. The number of carbonyl (C=O) groups excluding carboxylic acids is 1. The third-order valence-corrected chi connectivity index (χ3v) is 3.89. The Hall–Kier alpha value is -2.19. The minimum atomic E-state index is -0.491. The van der Waals surface area contributed by atoms with Gasteiger partial charge in [-0.25, -0.2) is 4.79 Å². The second-order valence-electron chi connectivity index (χ2n) is 5.47. The Labute approximate surface area is 134 Å². The number of benzene rings is 1. The second-order valence-corrected chi connectivity index (χ2v) is 5.47. The zero-order valence-corrected chi connectivity index (χ0v) is 13.2. The summed E-state index contributed by atoms with van der Waals surface area (Å²) >= 11 is 0. The molecule has 1 atom stereocenters. The first-order valence-electron chi connectivity index (χ1n) is 7.62. The van der Waals surface area contributed by atoms with E-state index in [9.17, 15) is 14.9 Å². The number of methoxy groups -OCH3 is 1. The Morgan fingerprint density at radius 1 is 1.52 bits per heavy atom. The van der Waals surface area contributed by atoms with E-state index in [1.807, 2.05) is 0 Å². The van der Waals surface area contributed by atoms with Crippen LogP contribution in [0.1, 0.15) is 12.8 Å². The van der Waals surface area contributed by atoms with Gasteiger partial charge in [0.05, 0.1) is 11.5 Å². The van der Waals surface area contributed by atoms with Crippen LogP contribution in [0.2, 0.25) is 0 Å². The highest BCUT2D eigenvalue weighted by molar-refractivity contribution is 5.89. The summed E-state index contributed by atoms with van der Waals surface area (Å²) in [7, 11) is 1.68. The van der Waals surface area contributed by atoms with Crippen molar-refractivity contribution in [2.75, 3.05) is 38.7 Å². The SMILES string of the molecule is COCCN1CCCC1CNC(=O)Nc1cccc([N+](=O)[O-])c1. The summed E-state index contributed by atoms with van der Waals surface area (Å²) in [5, 5.41) is 16.2. The number of nitrogens with one attached hydrogen (secondary N) is 2. The van der Waals surface area contributed by atoms with E-state index in [-0.39, 0.29) is 11.7 Å². The van der Waals surface area contributed by atoms with E-state index >= 15 is 0 Å². The molecule has 1 saturated heterocycles. The Morgan fingerprint density at radius 3 is 3.09 bits per heavy atom. The summed E-state index contributed by atoms with van der Waals surface area (Å²) in [4.78, 5) is 24.5. The molecular weight excluding hydrogens is 300 g/mol. The minimum absolute atomic E-state index is 0.0515. The lowest BCUT2D eigenvalue weighted by molar-refractivity contribution is -0.384. The lowest BCUT2D eigenvalue weighted by Gasteiger charge is -2.24. The summed E-state index contributed by atoms with van der Waals surface area (Å²) < 4.78 is 5.09. The average Bonchev–Trinajstić information content (AvgIpc) is 2.98. The second kappa shape index (κ2) is 8.44. The Balaban J connectivity index is 1.80. The molecule has 2 N–H and O–H groups in total. The topological polar surface area (TPSA) is 96.7 Å². The molecule has 1 fully saturated rings. The van der Waals surface area contributed by atoms with E-state index in [1.165, 1.54) is 18.2 Å². The molecular formula is C15H22N4O4. The minimum Gasteiger partial charge on any atom is -0.383 e. The van der Waals surface area contributed by atoms with E-state index in [0.717, 1.165) is 25.9 Å². The molecule has 23 heavy (non-hydrogen) atoms. The third-order valence-electron chi connectivity index (χ3n) is 3.89. The molecule has 0 aliphatic carbocycles. The lowest BCUT2D eigenvalue weighted by Crippen LogP contribution is -2.42. The van der Waals surface area contributed by atoms with Crippen LogP contribution in [0.3, 0.4) is 0 Å². The predicted molar refractivity (Wildman–Crippen MR) is 86.6 cm³/mol. The zero-order chi connectivity index (χ0) is 16.7. The molecule has 1 aromatic carbocycles. The Bertz CT molecular complexity index is 552. The van der Waals surface area contributed by atoms with Gasteiger partial charge < -0.3 is 15.4 Å². The van der Waals surface area contributed by atoms with Crippen LogP contribution in [-0.2, 0) is 4.74 Å². The number of ether oxygens (including phenoxy) is 1. The van der Waals surface area contributed by atoms with Gasteiger partial charge in [-0.2, -0.15) is 0 Å². The quantitative estimate of drug-likeness (QED) is 0.589. The zero-order valence-electron chi connectivity index (χ0n) is 13.2. The highest BCUT2D eigenvalue weighted by atomic mass is 16.6. The van der Waals surface area contributed by atoms with Crippen LogP contribution in [0.25, 0.3) is 0 Å². The summed E-state index contributed by atoms with van der Waals surface area (Å²) in [6.45, 7) is 3.10. The molecule has 8 heteroatoms. The number of hydrogen-bond acceptors (Lipinski definition) is 5. The molecule has 0 aromatic heterocycles. The normalized spacial score (nSPS) is 17.9. The number of nitro benzene ring substituents is 1. The molecule has 1 heterocycles. The molecule has 0 bridgehead atoms. The molecule has 126 valence electrons. The van der Waals surface area contributed by atoms with Crippen LogP contribution in [-0.4, -0.2) is 55.2 Å². The summed E-state index contributed by atoms with van der Waals surface area (Å²) in [6.07, 6.45) is 2.16. The molecule has 1 aliphatic heterocycles. The first-order chi connectivity index (χ1) is 11.1. The van der Waals surface area contributed by atoms with Crippen molar-refractivity contribution in [2.45, 2.75) is 18.9 Å². The van der Waals surface area contributed by atoms with Gasteiger partial charge in [-0.15, -0.1) is 0 Å². The number of urea groups is 1. The van der Waals surface area contributed by atoms with Gasteiger partial charge in [0.25, 0.3) is 5.69 Å². The molecule has 0 saturated carbocycles. The van der Waals surface area contributed by atoms with Gasteiger partial charge in [-0.05, 0) is 25.5 Å². The van der Waals surface area contributed by atoms with Gasteiger partial charge in [0.15, 0.2) is 0 Å². The van der Waals surface area contributed by atoms with Crippen molar-refractivity contribution in [3.8, 4) is 0 Å². The first kappa shape index (κ1) is 17.2. The maximum Gasteiger partial charge on any atom is 0.319 e. The largest absolute Gasteiger partial charge is 0.383 e. The lowest BCUT2D eigenvalue weighted by atomic mass is 10.2. The Kier molecular flexibility index (Phi) is 6.30. The summed E-state index contributed by atoms with van der Waals surface area (Å²) in [5.74, 6) is 0. The van der Waals surface area contributed by atoms with Gasteiger partial charge in [0, 0.05) is 44.1 Å². The number of likely N-dealkylation sites (tertiary alicyclic amines) is 1. The van der Waals surface area contributed by atoms with Crippen LogP contribution in [0.15, 0.2) is 24.3 Å². The molecule has 0 radical (unpaired) electrons. The summed E-state index contributed by atoms with van der Waals surface area (Å²) in [6, 6.07) is 5.82. The van der Waals surface area contributed by atoms with Crippen molar-refractivity contribution in [3.63, 3.8) is 0 Å². The van der Waals surface area contributed by atoms with Crippen LogP contribution in [0, 0.1) is 10.1 Å². The van der Waals surface area contributed by atoms with Crippen molar-refractivity contribution in [3.05, 3.63) is 34.4 Å². The predicted octanol–water partition coefficient (Wildman–Crippen LogP) is 1.83. The van der Waals surface area contributed by atoms with Crippen LogP contribution < -0.4 is 10.6 Å². The number of carbonyl (C=O) groups is 1. The van der Waals surface area contributed by atoms with Gasteiger partial charge in [-0.3, -0.25) is 15.0 Å². The number of nitrogens with zero attached hydrogens (tertiary/aromatic N) is 2. The first-order valence-corrected chi connectivity index (χ1v) is 7.62. The number of amides is 2. The number of anilines is 1. The molecule has 1 aliphatic rings. The highest BCUT2D eigenvalue weighted by Gasteiger charge is 2.24. The van der Waals surface area contributed by atoms with Gasteiger partial charge in [0.1, 0.15) is 0 Å². The molecule has 8 nitrogen and oxygen atoms in total. The van der Waals surface area contributed by atoms with Gasteiger partial charge in [-0.1, -0.05) is 6.07 Å². The monoisotopic (exact) mass is 322 g/mol. The van der Waals surface area contributed by atoms with Crippen LogP contribution >= 0.6 is 0 Å². The van der Waals surface area contributed by atoms with E-state index in [0.29, 0.717) is 24.9 Å². The fraction of sp³-hybridized carbons (Fsp3) is 0.533. The maximum absolute atomic E-state index is 11.9. The van der Waals surface area contributed by atoms with Crippen molar-refractivity contribution in [1.82, 2.24) is 10.2 Å². The third kappa shape index (κ3) is 5.19. The number of nitro groups is 1. The van der Waals surface area contributed by atoms with E-state index in [1.54, 1.807) is 13.2 Å². The van der Waals surface area contributed by atoms with Crippen molar-refractivity contribution in [1.29, 1.82) is 0 Å². The number of rotatable bonds is 7. The fourth-order valence-corrected chi connectivity index (χ4v) is 2.71. The van der Waals surface area contributed by atoms with Crippen LogP contribution in [0.4, 0.5) is 16.2 Å². The van der Waals surface area contributed by atoms with E-state index < -0.39 is 4.92 Å². The molecule has 1 aromatic rings. The standard InChI is InChI=1S/C15H22N4O4/c1-23-9-8-18-7-3-6-14(18)11-16-15(20)17-12-4-2-5-13(10-12)19(21)22/h2,4-5,10,14H,3,6-9,11H2,1H3,(H2,16,17,20). The highest BCUT2D eigenvalue weighted by Crippen LogP contribution is 2.18. The van der Waals surface area contributed by atoms with E-state index in [4.69, 9.17) is 4.74 Å². The average molecular weight is 322 g/mol. The smallest absolute Gasteiger partial charge is 0.319 e. The number of hydrogen-bond donors (Lipinski definition) is 2. The molecule has 1 unspecified atom stereocenters. The van der Waals surface area contributed by atoms with Crippen LogP contribution in [0.5, 0.6) is 0 Å². The summed E-state index contributed by atoms with van der Waals surface area (Å²) in [5.41, 5.74) is 0.351. The van der Waals surface area contributed by atoms with Gasteiger partial charge >= 0.3 is 6.03 Å². The van der Waals surface area contributed by atoms with Crippen molar-refractivity contribution in [2.24, 2.45) is 0 Å². The molecule has 2 amide bonds.